The predicted molar refractivity (Wildman–Crippen MR) is 86.5 cm³/mol. The van der Waals surface area contributed by atoms with Crippen molar-refractivity contribution in [2.75, 3.05) is 10.6 Å². The third-order valence-corrected chi connectivity index (χ3v) is 3.41. The second-order valence-corrected chi connectivity index (χ2v) is 5.08. The Balaban J connectivity index is 1.60. The molecule has 2 heterocycles. The zero-order valence-corrected chi connectivity index (χ0v) is 12.8. The Bertz CT molecular complexity index is 810. The normalized spacial score (nSPS) is 11.7. The highest BCUT2D eigenvalue weighted by Gasteiger charge is 2.15. The summed E-state index contributed by atoms with van der Waals surface area (Å²) < 4.78 is 6.34. The van der Waals surface area contributed by atoms with E-state index in [1.54, 1.807) is 37.3 Å². The molecule has 24 heavy (non-hydrogen) atoms. The molecule has 0 fully saturated rings. The molecule has 1 atom stereocenters. The van der Waals surface area contributed by atoms with E-state index in [0.717, 1.165) is 0 Å². The van der Waals surface area contributed by atoms with E-state index in [2.05, 4.69) is 20.7 Å². The number of furan rings is 1. The van der Waals surface area contributed by atoms with E-state index in [4.69, 9.17) is 4.42 Å². The number of carbonyl (C=O) groups is 2. The van der Waals surface area contributed by atoms with Gasteiger partial charge in [0.05, 0.1) is 11.8 Å². The summed E-state index contributed by atoms with van der Waals surface area (Å²) in [5, 5.41) is 9.46. The number of nitrogens with zero attached hydrogens (tertiary/aromatic N) is 3. The van der Waals surface area contributed by atoms with Crippen LogP contribution in [0.5, 0.6) is 0 Å². The highest BCUT2D eigenvalue weighted by Crippen LogP contribution is 2.16. The van der Waals surface area contributed by atoms with Gasteiger partial charge in [-0.15, -0.1) is 0 Å². The van der Waals surface area contributed by atoms with Gasteiger partial charge in [-0.2, -0.15) is 5.10 Å². The zero-order valence-electron chi connectivity index (χ0n) is 12.8. The molecule has 0 spiro atoms. The minimum absolute atomic E-state index is 0.212. The first-order chi connectivity index (χ1) is 11.6. The standard InChI is InChI=1S/C16H15N5O3/c1-11(21-10-17-9-18-21)15(22)19-13-2-4-14(5-3-13)20-16(23)12-6-7-24-8-12/h2-11H,1H3,(H,19,22)(H,20,23). The van der Waals surface area contributed by atoms with Gasteiger partial charge in [0.25, 0.3) is 5.91 Å². The number of rotatable bonds is 5. The predicted octanol–water partition coefficient (Wildman–Crippen LogP) is 2.32. The summed E-state index contributed by atoms with van der Waals surface area (Å²) in [7, 11) is 0. The lowest BCUT2D eigenvalue weighted by atomic mass is 10.2. The van der Waals surface area contributed by atoms with E-state index in [9.17, 15) is 9.59 Å². The molecule has 122 valence electrons. The highest BCUT2D eigenvalue weighted by molar-refractivity contribution is 6.04. The van der Waals surface area contributed by atoms with Crippen molar-refractivity contribution in [3.05, 3.63) is 61.1 Å². The van der Waals surface area contributed by atoms with Crippen LogP contribution >= 0.6 is 0 Å². The summed E-state index contributed by atoms with van der Waals surface area (Å²) in [6.45, 7) is 1.73. The average Bonchev–Trinajstić information content (AvgIpc) is 3.29. The fraction of sp³-hybridized carbons (Fsp3) is 0.125. The molecule has 0 bridgehead atoms. The molecule has 8 nitrogen and oxygen atoms in total. The zero-order chi connectivity index (χ0) is 16.9. The van der Waals surface area contributed by atoms with Gasteiger partial charge in [0.15, 0.2) is 0 Å². The van der Waals surface area contributed by atoms with Gasteiger partial charge >= 0.3 is 0 Å². The molecule has 0 aliphatic rings. The maximum absolute atomic E-state index is 12.1. The van der Waals surface area contributed by atoms with Gasteiger partial charge in [0.2, 0.25) is 5.91 Å². The second kappa shape index (κ2) is 6.78. The summed E-state index contributed by atoms with van der Waals surface area (Å²) in [5.74, 6) is -0.476. The summed E-state index contributed by atoms with van der Waals surface area (Å²) in [6, 6.07) is 7.91. The molecule has 0 aliphatic heterocycles. The lowest BCUT2D eigenvalue weighted by Gasteiger charge is -2.12. The van der Waals surface area contributed by atoms with Crippen LogP contribution in [0.2, 0.25) is 0 Å². The molecule has 2 amide bonds. The Kier molecular flexibility index (Phi) is 4.37. The van der Waals surface area contributed by atoms with E-state index in [0.29, 0.717) is 16.9 Å². The highest BCUT2D eigenvalue weighted by atomic mass is 16.3. The van der Waals surface area contributed by atoms with Crippen molar-refractivity contribution >= 4 is 23.2 Å². The molecule has 1 aromatic carbocycles. The minimum Gasteiger partial charge on any atom is -0.472 e. The SMILES string of the molecule is CC(C(=O)Nc1ccc(NC(=O)c2ccoc2)cc1)n1cncn1. The van der Waals surface area contributed by atoms with Crippen LogP contribution in [0.1, 0.15) is 23.3 Å². The van der Waals surface area contributed by atoms with Crippen LogP contribution in [-0.4, -0.2) is 26.6 Å². The quantitative estimate of drug-likeness (QED) is 0.749. The summed E-state index contributed by atoms with van der Waals surface area (Å²) in [6.07, 6.45) is 5.67. The van der Waals surface area contributed by atoms with Gasteiger partial charge in [-0.1, -0.05) is 0 Å². The summed E-state index contributed by atoms with van der Waals surface area (Å²) in [4.78, 5) is 27.9. The summed E-state index contributed by atoms with van der Waals surface area (Å²) in [5.41, 5.74) is 1.67. The van der Waals surface area contributed by atoms with Crippen molar-refractivity contribution in [3.8, 4) is 0 Å². The van der Waals surface area contributed by atoms with E-state index < -0.39 is 6.04 Å². The first-order valence-corrected chi connectivity index (χ1v) is 7.22. The smallest absolute Gasteiger partial charge is 0.258 e. The third kappa shape index (κ3) is 3.49. The number of aromatic nitrogens is 3. The molecule has 0 saturated carbocycles. The van der Waals surface area contributed by atoms with E-state index in [1.165, 1.54) is 29.9 Å². The van der Waals surface area contributed by atoms with Gasteiger partial charge in [0, 0.05) is 11.4 Å². The Morgan fingerprint density at radius 3 is 2.42 bits per heavy atom. The average molecular weight is 325 g/mol. The van der Waals surface area contributed by atoms with Gasteiger partial charge in [-0.05, 0) is 37.3 Å². The molecule has 2 aromatic heterocycles. The topological polar surface area (TPSA) is 102 Å². The van der Waals surface area contributed by atoms with Crippen LogP contribution < -0.4 is 10.6 Å². The van der Waals surface area contributed by atoms with Crippen molar-refractivity contribution in [3.63, 3.8) is 0 Å². The Hall–Kier alpha value is -3.42. The van der Waals surface area contributed by atoms with Crippen molar-refractivity contribution in [1.82, 2.24) is 14.8 Å². The van der Waals surface area contributed by atoms with Crippen LogP contribution in [0.3, 0.4) is 0 Å². The molecule has 0 aliphatic carbocycles. The van der Waals surface area contributed by atoms with E-state index >= 15 is 0 Å². The van der Waals surface area contributed by atoms with Gasteiger partial charge in [-0.25, -0.2) is 9.67 Å². The molecule has 3 rings (SSSR count). The lowest BCUT2D eigenvalue weighted by molar-refractivity contribution is -0.119. The van der Waals surface area contributed by atoms with Crippen LogP contribution in [0.25, 0.3) is 0 Å². The number of anilines is 2. The van der Waals surface area contributed by atoms with E-state index in [1.807, 2.05) is 0 Å². The van der Waals surface area contributed by atoms with Crippen LogP contribution in [0.4, 0.5) is 11.4 Å². The molecular formula is C16H15N5O3. The number of amides is 2. The number of hydrogen-bond donors (Lipinski definition) is 2. The van der Waals surface area contributed by atoms with Gasteiger partial charge < -0.3 is 15.1 Å². The fourth-order valence-corrected chi connectivity index (χ4v) is 2.02. The minimum atomic E-state index is -0.479. The van der Waals surface area contributed by atoms with Crippen LogP contribution in [-0.2, 0) is 4.79 Å². The number of benzene rings is 1. The molecule has 1 unspecified atom stereocenters. The monoisotopic (exact) mass is 325 g/mol. The van der Waals surface area contributed by atoms with Crippen molar-refractivity contribution in [1.29, 1.82) is 0 Å². The Morgan fingerprint density at radius 2 is 1.83 bits per heavy atom. The molecule has 8 heteroatoms. The molecule has 0 saturated heterocycles. The first kappa shape index (κ1) is 15.5. The maximum Gasteiger partial charge on any atom is 0.258 e. The maximum atomic E-state index is 12.1. The molecule has 2 N–H and O–H groups in total. The second-order valence-electron chi connectivity index (χ2n) is 5.08. The van der Waals surface area contributed by atoms with Crippen molar-refractivity contribution in [2.45, 2.75) is 13.0 Å². The first-order valence-electron chi connectivity index (χ1n) is 7.22. The largest absolute Gasteiger partial charge is 0.472 e. The summed E-state index contributed by atoms with van der Waals surface area (Å²) >= 11 is 0. The Morgan fingerprint density at radius 1 is 1.12 bits per heavy atom. The lowest BCUT2D eigenvalue weighted by Crippen LogP contribution is -2.24. The van der Waals surface area contributed by atoms with Crippen LogP contribution in [0, 0.1) is 0 Å². The van der Waals surface area contributed by atoms with E-state index in [-0.39, 0.29) is 11.8 Å². The molecule has 3 aromatic rings. The van der Waals surface area contributed by atoms with Gasteiger partial charge in [-0.3, -0.25) is 9.59 Å². The van der Waals surface area contributed by atoms with Crippen molar-refractivity contribution in [2.24, 2.45) is 0 Å². The van der Waals surface area contributed by atoms with Crippen molar-refractivity contribution < 1.29 is 14.0 Å². The van der Waals surface area contributed by atoms with Gasteiger partial charge in [0.1, 0.15) is 25.0 Å². The third-order valence-electron chi connectivity index (χ3n) is 3.41. The molecular weight excluding hydrogens is 310 g/mol. The number of carbonyl (C=O) groups excluding carboxylic acids is 2. The Labute approximate surface area is 137 Å². The molecule has 0 radical (unpaired) electrons. The van der Waals surface area contributed by atoms with Crippen LogP contribution in [0.15, 0.2) is 59.9 Å². The number of nitrogens with one attached hydrogen (secondary N) is 2. The number of hydrogen-bond acceptors (Lipinski definition) is 5. The fourth-order valence-electron chi connectivity index (χ4n) is 2.02.